The maximum Gasteiger partial charge on any atom is 0.0997 e. The molecular weight excluding hydrogens is 408 g/mol. The third-order valence-corrected chi connectivity index (χ3v) is 6.81. The molecule has 3 atom stereocenters. The largest absolute Gasteiger partial charge is 0.390 e. The fourth-order valence-corrected chi connectivity index (χ4v) is 4.27. The zero-order chi connectivity index (χ0) is 24.7. The lowest BCUT2D eigenvalue weighted by molar-refractivity contribution is 0.0409. The molecule has 0 amide bonds. The van der Waals surface area contributed by atoms with E-state index in [1.54, 1.807) is 0 Å². The molecule has 3 nitrogen and oxygen atoms in total. The Hall–Kier alpha value is -1.16. The SMILES string of the molecule is C[CH-]CCCC(C)(O)CC/C=C(\C)CC/C=C\CCC1=CC(O)C(C)=C(C)C1OCCCC. The number of allylic oxidation sites excluding steroid dienone is 4. The van der Waals surface area contributed by atoms with Gasteiger partial charge in [0.05, 0.1) is 17.8 Å². The fraction of sp³-hybridized carbons (Fsp3) is 0.700. The molecule has 0 aliphatic heterocycles. The Labute approximate surface area is 204 Å². The number of ether oxygens (including phenoxy) is 1. The lowest BCUT2D eigenvalue weighted by atomic mass is 9.86. The second-order valence-electron chi connectivity index (χ2n) is 10.1. The minimum atomic E-state index is -0.550. The Morgan fingerprint density at radius 3 is 2.55 bits per heavy atom. The molecule has 3 heteroatoms. The number of hydrogen-bond acceptors (Lipinski definition) is 3. The van der Waals surface area contributed by atoms with Gasteiger partial charge in [-0.1, -0.05) is 43.6 Å². The van der Waals surface area contributed by atoms with E-state index in [4.69, 9.17) is 4.74 Å². The van der Waals surface area contributed by atoms with Crippen molar-refractivity contribution in [2.75, 3.05) is 6.61 Å². The molecule has 0 aromatic heterocycles. The Balaban J connectivity index is 2.38. The lowest BCUT2D eigenvalue weighted by Gasteiger charge is -2.29. The quantitative estimate of drug-likeness (QED) is 0.132. The molecule has 3 unspecified atom stereocenters. The zero-order valence-corrected chi connectivity index (χ0v) is 22.3. The summed E-state index contributed by atoms with van der Waals surface area (Å²) in [6.45, 7) is 13.3. The molecule has 1 aliphatic carbocycles. The standard InChI is InChI=1S/C30H51O3/c1-7-9-15-20-30(6,32)21-16-18-24(3)17-13-11-12-14-19-27-23-28(31)25(4)26(5)29(27)33-22-10-8-2/h7,11-12,18,23,28-29,31-32H,8-10,13-17,19-22H2,1-6H3/q-1/b12-11-,24-18+. The Morgan fingerprint density at radius 2 is 1.85 bits per heavy atom. The molecule has 2 N–H and O–H groups in total. The van der Waals surface area contributed by atoms with Gasteiger partial charge in [0.1, 0.15) is 0 Å². The van der Waals surface area contributed by atoms with Crippen molar-refractivity contribution >= 4 is 0 Å². The summed E-state index contributed by atoms with van der Waals surface area (Å²) >= 11 is 0. The highest BCUT2D eigenvalue weighted by Crippen LogP contribution is 2.30. The van der Waals surface area contributed by atoms with Gasteiger partial charge in [-0.05, 0) is 102 Å². The molecule has 0 aromatic carbocycles. The van der Waals surface area contributed by atoms with Crippen LogP contribution in [0.5, 0.6) is 0 Å². The van der Waals surface area contributed by atoms with E-state index in [0.29, 0.717) is 0 Å². The summed E-state index contributed by atoms with van der Waals surface area (Å²) in [5, 5.41) is 20.8. The highest BCUT2D eigenvalue weighted by molar-refractivity contribution is 5.36. The molecule has 0 heterocycles. The van der Waals surface area contributed by atoms with Crippen molar-refractivity contribution in [2.24, 2.45) is 0 Å². The summed E-state index contributed by atoms with van der Waals surface area (Å²) in [6, 6.07) is 0. The van der Waals surface area contributed by atoms with Gasteiger partial charge >= 0.3 is 0 Å². The van der Waals surface area contributed by atoms with Crippen LogP contribution in [0.15, 0.2) is 46.6 Å². The second kappa shape index (κ2) is 16.5. The van der Waals surface area contributed by atoms with Crippen LogP contribution >= 0.6 is 0 Å². The predicted octanol–water partition coefficient (Wildman–Crippen LogP) is 7.80. The summed E-state index contributed by atoms with van der Waals surface area (Å²) in [4.78, 5) is 0. The highest BCUT2D eigenvalue weighted by Gasteiger charge is 2.25. The molecule has 1 aliphatic rings. The monoisotopic (exact) mass is 459 g/mol. The van der Waals surface area contributed by atoms with Crippen LogP contribution in [0.3, 0.4) is 0 Å². The fourth-order valence-electron chi connectivity index (χ4n) is 4.27. The summed E-state index contributed by atoms with van der Waals surface area (Å²) in [7, 11) is 0. The molecule has 0 spiro atoms. The number of rotatable bonds is 17. The first-order chi connectivity index (χ1) is 15.7. The number of aliphatic hydroxyl groups is 2. The van der Waals surface area contributed by atoms with Crippen LogP contribution in [0.1, 0.15) is 112 Å². The van der Waals surface area contributed by atoms with E-state index in [0.717, 1.165) is 82.8 Å². The summed E-state index contributed by atoms with van der Waals surface area (Å²) in [5.41, 5.74) is 4.26. The van der Waals surface area contributed by atoms with E-state index >= 15 is 0 Å². The van der Waals surface area contributed by atoms with E-state index in [9.17, 15) is 10.2 Å². The van der Waals surface area contributed by atoms with Gasteiger partial charge in [-0.3, -0.25) is 0 Å². The molecule has 0 bridgehead atoms. The van der Waals surface area contributed by atoms with Crippen LogP contribution in [-0.2, 0) is 4.74 Å². The van der Waals surface area contributed by atoms with Gasteiger partial charge in [-0.2, -0.15) is 13.3 Å². The Morgan fingerprint density at radius 1 is 1.12 bits per heavy atom. The van der Waals surface area contributed by atoms with E-state index in [1.165, 1.54) is 16.7 Å². The number of aliphatic hydroxyl groups excluding tert-OH is 1. The third kappa shape index (κ3) is 12.2. The number of hydrogen-bond donors (Lipinski definition) is 2. The highest BCUT2D eigenvalue weighted by atomic mass is 16.5. The van der Waals surface area contributed by atoms with E-state index in [-0.39, 0.29) is 6.10 Å². The van der Waals surface area contributed by atoms with Gasteiger partial charge in [0.15, 0.2) is 0 Å². The van der Waals surface area contributed by atoms with Crippen molar-refractivity contribution in [3.63, 3.8) is 0 Å². The molecule has 0 radical (unpaired) electrons. The van der Waals surface area contributed by atoms with Crippen LogP contribution in [0.4, 0.5) is 0 Å². The normalized spacial score (nSPS) is 21.6. The second-order valence-corrected chi connectivity index (χ2v) is 10.1. The summed E-state index contributed by atoms with van der Waals surface area (Å²) in [5.74, 6) is 0. The first-order valence-electron chi connectivity index (χ1n) is 13.2. The maximum atomic E-state index is 10.5. The van der Waals surface area contributed by atoms with Crippen LogP contribution in [0, 0.1) is 6.42 Å². The third-order valence-electron chi connectivity index (χ3n) is 6.81. The Bertz CT molecular complexity index is 666. The van der Waals surface area contributed by atoms with Gasteiger partial charge in [-0.25, -0.2) is 0 Å². The first-order valence-corrected chi connectivity index (χ1v) is 13.2. The molecule has 0 fully saturated rings. The average Bonchev–Trinajstić information content (AvgIpc) is 2.76. The van der Waals surface area contributed by atoms with E-state index in [2.05, 4.69) is 52.3 Å². The van der Waals surface area contributed by atoms with Crippen molar-refractivity contribution in [1.82, 2.24) is 0 Å². The summed E-state index contributed by atoms with van der Waals surface area (Å²) in [6.07, 6.45) is 21.5. The van der Waals surface area contributed by atoms with Crippen LogP contribution < -0.4 is 0 Å². The molecule has 190 valence electrons. The van der Waals surface area contributed by atoms with Gasteiger partial charge in [0, 0.05) is 6.61 Å². The van der Waals surface area contributed by atoms with Crippen LogP contribution in [0.25, 0.3) is 0 Å². The Kier molecular flexibility index (Phi) is 14.9. The van der Waals surface area contributed by atoms with Gasteiger partial charge in [0.25, 0.3) is 0 Å². The number of unbranched alkanes of at least 4 members (excludes halogenated alkanes) is 3. The molecule has 0 aromatic rings. The lowest BCUT2D eigenvalue weighted by Crippen LogP contribution is -2.27. The zero-order valence-electron chi connectivity index (χ0n) is 22.3. The minimum absolute atomic E-state index is 0.0239. The van der Waals surface area contributed by atoms with E-state index < -0.39 is 11.7 Å². The average molecular weight is 460 g/mol. The minimum Gasteiger partial charge on any atom is -0.390 e. The molecular formula is C30H51O3-. The van der Waals surface area contributed by atoms with Crippen molar-refractivity contribution in [2.45, 2.75) is 130 Å². The molecule has 1 rings (SSSR count). The van der Waals surface area contributed by atoms with Crippen molar-refractivity contribution in [1.29, 1.82) is 0 Å². The summed E-state index contributed by atoms with van der Waals surface area (Å²) < 4.78 is 6.18. The van der Waals surface area contributed by atoms with Crippen molar-refractivity contribution < 1.29 is 14.9 Å². The van der Waals surface area contributed by atoms with Crippen LogP contribution in [-0.4, -0.2) is 34.6 Å². The predicted molar refractivity (Wildman–Crippen MR) is 142 cm³/mol. The van der Waals surface area contributed by atoms with Crippen molar-refractivity contribution in [3.8, 4) is 0 Å². The van der Waals surface area contributed by atoms with Crippen molar-refractivity contribution in [3.05, 3.63) is 53.0 Å². The van der Waals surface area contributed by atoms with Gasteiger partial charge < -0.3 is 21.4 Å². The van der Waals surface area contributed by atoms with E-state index in [1.807, 2.05) is 19.9 Å². The first kappa shape index (κ1) is 29.9. The maximum absolute atomic E-state index is 10.5. The van der Waals surface area contributed by atoms with Gasteiger partial charge in [-0.15, -0.1) is 0 Å². The topological polar surface area (TPSA) is 49.7 Å². The molecule has 33 heavy (non-hydrogen) atoms. The smallest absolute Gasteiger partial charge is 0.0997 e. The van der Waals surface area contributed by atoms with Gasteiger partial charge in [0.2, 0.25) is 0 Å². The molecule has 0 saturated heterocycles. The van der Waals surface area contributed by atoms with Crippen LogP contribution in [0.2, 0.25) is 0 Å². The molecule has 0 saturated carbocycles.